The SMILES string of the molecule is CNc1ccc(Sc2ccc(Nc3ccc(Pc4ccc(C)cc4)cc3)cc2)cc1. The van der Waals surface area contributed by atoms with Gasteiger partial charge in [0.05, 0.1) is 0 Å². The van der Waals surface area contributed by atoms with Gasteiger partial charge < -0.3 is 10.6 Å². The quantitative estimate of drug-likeness (QED) is 0.326. The van der Waals surface area contributed by atoms with Crippen LogP contribution in [0.1, 0.15) is 5.56 Å². The third-order valence-electron chi connectivity index (χ3n) is 4.75. The van der Waals surface area contributed by atoms with Gasteiger partial charge >= 0.3 is 0 Å². The molecular formula is C26H25N2PS. The number of anilines is 3. The van der Waals surface area contributed by atoms with Crippen molar-refractivity contribution in [2.45, 2.75) is 16.7 Å². The zero-order valence-corrected chi connectivity index (χ0v) is 19.0. The standard InChI is InChI=1S/C26H25N2PS/c1-19-3-11-23(12-4-19)29-24-13-5-21(6-14-24)28-22-9-17-26(18-10-22)30-25-15-7-20(27-2)8-16-25/h3-18,27-29H,1-2H3. The van der Waals surface area contributed by atoms with Crippen LogP contribution in [0, 0.1) is 6.92 Å². The van der Waals surface area contributed by atoms with Gasteiger partial charge in [-0.1, -0.05) is 62.3 Å². The second-order valence-corrected chi connectivity index (χ2v) is 9.65. The molecule has 0 aromatic heterocycles. The summed E-state index contributed by atoms with van der Waals surface area (Å²) in [5.74, 6) is 0. The Labute approximate surface area is 184 Å². The number of benzene rings is 4. The molecule has 0 radical (unpaired) electrons. The van der Waals surface area contributed by atoms with E-state index in [0.29, 0.717) is 8.58 Å². The number of aryl methyl sites for hydroxylation is 1. The normalized spacial score (nSPS) is 11.0. The highest BCUT2D eigenvalue weighted by atomic mass is 32.2. The van der Waals surface area contributed by atoms with Crippen LogP contribution in [-0.2, 0) is 0 Å². The topological polar surface area (TPSA) is 24.1 Å². The Morgan fingerprint density at radius 1 is 0.567 bits per heavy atom. The van der Waals surface area contributed by atoms with E-state index in [2.05, 4.69) is 115 Å². The van der Waals surface area contributed by atoms with E-state index in [9.17, 15) is 0 Å². The molecule has 0 aliphatic carbocycles. The zero-order valence-electron chi connectivity index (χ0n) is 17.1. The first-order valence-corrected chi connectivity index (χ1v) is 11.8. The lowest BCUT2D eigenvalue weighted by molar-refractivity contribution is 1.39. The molecule has 0 fully saturated rings. The van der Waals surface area contributed by atoms with E-state index in [1.165, 1.54) is 26.0 Å². The van der Waals surface area contributed by atoms with Crippen molar-refractivity contribution in [2.75, 3.05) is 17.7 Å². The Morgan fingerprint density at radius 3 is 1.50 bits per heavy atom. The Bertz CT molecular complexity index is 1070. The smallest absolute Gasteiger partial charge is 0.0385 e. The second kappa shape index (κ2) is 9.84. The lowest BCUT2D eigenvalue weighted by Gasteiger charge is -2.09. The van der Waals surface area contributed by atoms with Gasteiger partial charge in [-0.2, -0.15) is 0 Å². The maximum atomic E-state index is 3.49. The first-order valence-electron chi connectivity index (χ1n) is 9.94. The molecule has 4 aromatic rings. The molecule has 0 aliphatic heterocycles. The minimum atomic E-state index is 0.686. The number of nitrogens with one attached hydrogen (secondary N) is 2. The van der Waals surface area contributed by atoms with Crippen molar-refractivity contribution < 1.29 is 0 Å². The average molecular weight is 429 g/mol. The van der Waals surface area contributed by atoms with Gasteiger partial charge in [-0.05, 0) is 78.2 Å². The first-order chi connectivity index (χ1) is 14.7. The monoisotopic (exact) mass is 428 g/mol. The molecule has 0 spiro atoms. The highest BCUT2D eigenvalue weighted by molar-refractivity contribution is 7.99. The molecule has 0 bridgehead atoms. The van der Waals surface area contributed by atoms with Gasteiger partial charge in [-0.25, -0.2) is 0 Å². The van der Waals surface area contributed by atoms with E-state index < -0.39 is 0 Å². The first kappa shape index (κ1) is 20.5. The lowest BCUT2D eigenvalue weighted by Crippen LogP contribution is -2.03. The summed E-state index contributed by atoms with van der Waals surface area (Å²) in [6.07, 6.45) is 0. The summed E-state index contributed by atoms with van der Waals surface area (Å²) in [5.41, 5.74) is 4.64. The van der Waals surface area contributed by atoms with Crippen molar-refractivity contribution >= 4 is 48.0 Å². The van der Waals surface area contributed by atoms with Crippen LogP contribution in [0.25, 0.3) is 0 Å². The van der Waals surface area contributed by atoms with Crippen LogP contribution in [0.2, 0.25) is 0 Å². The van der Waals surface area contributed by atoms with Crippen LogP contribution in [-0.4, -0.2) is 7.05 Å². The van der Waals surface area contributed by atoms with Crippen LogP contribution in [0.5, 0.6) is 0 Å². The van der Waals surface area contributed by atoms with Crippen molar-refractivity contribution in [3.63, 3.8) is 0 Å². The minimum absolute atomic E-state index is 0.686. The van der Waals surface area contributed by atoms with Crippen molar-refractivity contribution in [1.29, 1.82) is 0 Å². The Morgan fingerprint density at radius 2 is 1.00 bits per heavy atom. The minimum Gasteiger partial charge on any atom is -0.388 e. The van der Waals surface area contributed by atoms with Crippen molar-refractivity contribution in [3.8, 4) is 0 Å². The zero-order chi connectivity index (χ0) is 20.8. The lowest BCUT2D eigenvalue weighted by atomic mass is 10.2. The Kier molecular flexibility index (Phi) is 6.74. The summed E-state index contributed by atoms with van der Waals surface area (Å²) in [6.45, 7) is 2.12. The van der Waals surface area contributed by atoms with Gasteiger partial charge in [-0.3, -0.25) is 0 Å². The molecule has 0 amide bonds. The molecule has 1 atom stereocenters. The largest absolute Gasteiger partial charge is 0.388 e. The highest BCUT2D eigenvalue weighted by Gasteiger charge is 2.01. The molecule has 2 N–H and O–H groups in total. The summed E-state index contributed by atoms with van der Waals surface area (Å²) >= 11 is 1.77. The predicted molar refractivity (Wildman–Crippen MR) is 135 cm³/mol. The van der Waals surface area contributed by atoms with E-state index >= 15 is 0 Å². The van der Waals surface area contributed by atoms with E-state index in [4.69, 9.17) is 0 Å². The van der Waals surface area contributed by atoms with Crippen molar-refractivity contribution in [3.05, 3.63) is 103 Å². The number of hydrogen-bond acceptors (Lipinski definition) is 3. The van der Waals surface area contributed by atoms with Crippen molar-refractivity contribution in [2.24, 2.45) is 0 Å². The summed E-state index contributed by atoms with van der Waals surface area (Å²) in [4.78, 5) is 2.46. The van der Waals surface area contributed by atoms with Gasteiger partial charge in [0, 0.05) is 33.9 Å². The molecule has 0 saturated carbocycles. The molecule has 0 heterocycles. The fourth-order valence-corrected chi connectivity index (χ4v) is 4.86. The molecule has 150 valence electrons. The molecule has 0 saturated heterocycles. The average Bonchev–Trinajstić information content (AvgIpc) is 2.78. The molecule has 30 heavy (non-hydrogen) atoms. The Hall–Kier alpha value is -2.74. The highest BCUT2D eigenvalue weighted by Crippen LogP contribution is 2.30. The van der Waals surface area contributed by atoms with Gasteiger partial charge in [-0.15, -0.1) is 0 Å². The molecule has 1 unspecified atom stereocenters. The summed E-state index contributed by atoms with van der Waals surface area (Å²) in [5, 5.41) is 9.36. The summed E-state index contributed by atoms with van der Waals surface area (Å²) in [6, 6.07) is 34.6. The fraction of sp³-hybridized carbons (Fsp3) is 0.0769. The second-order valence-electron chi connectivity index (χ2n) is 7.09. The molecule has 4 rings (SSSR count). The predicted octanol–water partition coefficient (Wildman–Crippen LogP) is 6.56. The van der Waals surface area contributed by atoms with Gasteiger partial charge in [0.1, 0.15) is 0 Å². The van der Waals surface area contributed by atoms with E-state index in [0.717, 1.165) is 17.1 Å². The van der Waals surface area contributed by atoms with E-state index in [1.54, 1.807) is 11.8 Å². The maximum absolute atomic E-state index is 3.49. The van der Waals surface area contributed by atoms with Crippen LogP contribution >= 0.6 is 20.3 Å². The third kappa shape index (κ3) is 5.66. The molecule has 4 aromatic carbocycles. The van der Waals surface area contributed by atoms with Crippen LogP contribution in [0.3, 0.4) is 0 Å². The number of rotatable bonds is 7. The van der Waals surface area contributed by atoms with E-state index in [-0.39, 0.29) is 0 Å². The fourth-order valence-electron chi connectivity index (χ4n) is 3.04. The molecule has 4 heteroatoms. The molecule has 2 nitrogen and oxygen atoms in total. The molecular weight excluding hydrogens is 403 g/mol. The van der Waals surface area contributed by atoms with Gasteiger partial charge in [0.15, 0.2) is 0 Å². The maximum Gasteiger partial charge on any atom is 0.0385 e. The number of hydrogen-bond donors (Lipinski definition) is 2. The van der Waals surface area contributed by atoms with Gasteiger partial charge in [0.25, 0.3) is 0 Å². The summed E-state index contributed by atoms with van der Waals surface area (Å²) in [7, 11) is 2.62. The van der Waals surface area contributed by atoms with Crippen LogP contribution in [0.15, 0.2) is 107 Å². The molecule has 0 aliphatic rings. The van der Waals surface area contributed by atoms with Crippen LogP contribution < -0.4 is 21.2 Å². The van der Waals surface area contributed by atoms with E-state index in [1.807, 2.05) is 7.05 Å². The summed E-state index contributed by atoms with van der Waals surface area (Å²) < 4.78 is 0. The van der Waals surface area contributed by atoms with Crippen molar-refractivity contribution in [1.82, 2.24) is 0 Å². The van der Waals surface area contributed by atoms with Gasteiger partial charge in [0.2, 0.25) is 0 Å². The van der Waals surface area contributed by atoms with Crippen LogP contribution in [0.4, 0.5) is 17.1 Å². The third-order valence-corrected chi connectivity index (χ3v) is 7.01. The Balaban J connectivity index is 1.35.